The third-order valence-corrected chi connectivity index (χ3v) is 5.74. The van der Waals surface area contributed by atoms with Crippen LogP contribution in [0.15, 0.2) is 41.5 Å². The molecule has 2 rings (SSSR count). The average molecular weight is 442 g/mol. The second-order valence-corrected chi connectivity index (χ2v) is 8.31. The molecule has 0 saturated heterocycles. The smallest absolute Gasteiger partial charge is 0.307 e. The molecule has 0 aliphatic heterocycles. The number of carbonyl (C=O) groups is 3. The van der Waals surface area contributed by atoms with Gasteiger partial charge >= 0.3 is 5.97 Å². The van der Waals surface area contributed by atoms with Crippen LogP contribution in [0.3, 0.4) is 0 Å². The van der Waals surface area contributed by atoms with Gasteiger partial charge in [0.2, 0.25) is 11.8 Å². The highest BCUT2D eigenvalue weighted by molar-refractivity contribution is 6.01. The fourth-order valence-corrected chi connectivity index (χ4v) is 3.77. The van der Waals surface area contributed by atoms with Crippen molar-refractivity contribution in [1.29, 1.82) is 0 Å². The van der Waals surface area contributed by atoms with Gasteiger partial charge in [0, 0.05) is 12.1 Å². The minimum Gasteiger partial charge on any atom is -0.481 e. The van der Waals surface area contributed by atoms with Crippen molar-refractivity contribution in [2.24, 2.45) is 16.9 Å². The van der Waals surface area contributed by atoms with E-state index in [-0.39, 0.29) is 11.8 Å². The molecule has 1 aliphatic carbocycles. The van der Waals surface area contributed by atoms with Gasteiger partial charge in [-0.2, -0.15) is 5.10 Å². The first kappa shape index (κ1) is 25.3. The van der Waals surface area contributed by atoms with Crippen molar-refractivity contribution in [2.45, 2.75) is 71.6 Å². The minimum atomic E-state index is -0.956. The molecule has 1 aromatic rings. The predicted octanol–water partition coefficient (Wildman–Crippen LogP) is 4.88. The lowest BCUT2D eigenvalue weighted by atomic mass is 9.82. The third-order valence-electron chi connectivity index (χ3n) is 5.74. The predicted molar refractivity (Wildman–Crippen MR) is 126 cm³/mol. The fourth-order valence-electron chi connectivity index (χ4n) is 3.77. The Morgan fingerprint density at radius 3 is 2.44 bits per heavy atom. The van der Waals surface area contributed by atoms with Gasteiger partial charge in [-0.1, -0.05) is 63.3 Å². The molecule has 0 bridgehead atoms. The number of aliphatic carboxylic acids is 1. The van der Waals surface area contributed by atoms with Crippen LogP contribution in [0.4, 0.5) is 5.69 Å². The Kier molecular flexibility index (Phi) is 10.6. The lowest BCUT2D eigenvalue weighted by Gasteiger charge is -2.24. The molecular formula is C25H35N3O4. The van der Waals surface area contributed by atoms with Gasteiger partial charge in [0.1, 0.15) is 0 Å². The summed E-state index contributed by atoms with van der Waals surface area (Å²) in [5.41, 5.74) is 4.56. The molecule has 2 atom stereocenters. The first-order valence-corrected chi connectivity index (χ1v) is 11.5. The van der Waals surface area contributed by atoms with Crippen LogP contribution in [0.25, 0.3) is 0 Å². The van der Waals surface area contributed by atoms with E-state index in [0.29, 0.717) is 30.7 Å². The zero-order valence-corrected chi connectivity index (χ0v) is 19.1. The van der Waals surface area contributed by atoms with Gasteiger partial charge in [-0.25, -0.2) is 5.43 Å². The van der Waals surface area contributed by atoms with E-state index in [1.165, 1.54) is 19.3 Å². The average Bonchev–Trinajstić information content (AvgIpc) is 2.79. The van der Waals surface area contributed by atoms with E-state index in [2.05, 4.69) is 22.8 Å². The Hall–Kier alpha value is -2.96. The van der Waals surface area contributed by atoms with Crippen molar-refractivity contribution in [1.82, 2.24) is 5.43 Å². The number of hydrazone groups is 1. The highest BCUT2D eigenvalue weighted by Crippen LogP contribution is 2.27. The Labute approximate surface area is 190 Å². The molecule has 32 heavy (non-hydrogen) atoms. The number of amides is 2. The van der Waals surface area contributed by atoms with E-state index in [4.69, 9.17) is 0 Å². The van der Waals surface area contributed by atoms with Gasteiger partial charge in [-0.3, -0.25) is 14.4 Å². The molecule has 0 heterocycles. The van der Waals surface area contributed by atoms with E-state index < -0.39 is 17.8 Å². The zero-order chi connectivity index (χ0) is 23.3. The summed E-state index contributed by atoms with van der Waals surface area (Å²) in [6.45, 7) is 3.97. The Balaban J connectivity index is 1.88. The van der Waals surface area contributed by atoms with Crippen molar-refractivity contribution in [3.63, 3.8) is 0 Å². The quantitative estimate of drug-likeness (QED) is 0.186. The topological polar surface area (TPSA) is 108 Å². The molecule has 7 heteroatoms. The number of rotatable bonds is 12. The monoisotopic (exact) mass is 441 g/mol. The molecule has 0 radical (unpaired) electrons. The maximum absolute atomic E-state index is 12.7. The molecule has 174 valence electrons. The summed E-state index contributed by atoms with van der Waals surface area (Å²) in [4.78, 5) is 36.1. The van der Waals surface area contributed by atoms with Gasteiger partial charge in [0.05, 0.1) is 17.5 Å². The number of carbonyl (C=O) groups excluding carboxylic acids is 2. The number of hydrogen-bond acceptors (Lipinski definition) is 4. The molecule has 0 aromatic heterocycles. The zero-order valence-electron chi connectivity index (χ0n) is 19.1. The van der Waals surface area contributed by atoms with E-state index in [1.807, 2.05) is 18.2 Å². The number of anilines is 1. The summed E-state index contributed by atoms with van der Waals surface area (Å²) < 4.78 is 0. The first-order chi connectivity index (χ1) is 15.4. The maximum Gasteiger partial charge on any atom is 0.307 e. The summed E-state index contributed by atoms with van der Waals surface area (Å²) in [5.74, 6) is -2.68. The van der Waals surface area contributed by atoms with Crippen molar-refractivity contribution in [2.75, 3.05) is 5.32 Å². The number of unbranched alkanes of at least 4 members (excludes halogenated alkanes) is 5. The number of nitrogens with zero attached hydrogens (tertiary/aromatic N) is 1. The van der Waals surface area contributed by atoms with Crippen LogP contribution in [0.2, 0.25) is 0 Å². The van der Waals surface area contributed by atoms with E-state index >= 15 is 0 Å². The second-order valence-electron chi connectivity index (χ2n) is 8.31. The molecule has 7 nitrogen and oxygen atoms in total. The lowest BCUT2D eigenvalue weighted by molar-refractivity contribution is -0.146. The van der Waals surface area contributed by atoms with Crippen molar-refractivity contribution < 1.29 is 19.5 Å². The molecule has 1 aliphatic rings. The summed E-state index contributed by atoms with van der Waals surface area (Å²) in [6, 6.07) is 7.15. The number of allylic oxidation sites excluding steroid dienone is 2. The Morgan fingerprint density at radius 1 is 1.03 bits per heavy atom. The van der Waals surface area contributed by atoms with E-state index in [9.17, 15) is 19.5 Å². The van der Waals surface area contributed by atoms with Gasteiger partial charge in [0.15, 0.2) is 0 Å². The van der Waals surface area contributed by atoms with Gasteiger partial charge in [0.25, 0.3) is 0 Å². The Bertz CT molecular complexity index is 847. The number of carboxylic acids is 1. The van der Waals surface area contributed by atoms with Crippen molar-refractivity contribution in [3.8, 4) is 0 Å². The summed E-state index contributed by atoms with van der Waals surface area (Å²) >= 11 is 0. The molecule has 0 unspecified atom stereocenters. The molecule has 0 fully saturated rings. The molecular weight excluding hydrogens is 406 g/mol. The molecule has 0 spiro atoms. The summed E-state index contributed by atoms with van der Waals surface area (Å²) in [5, 5.41) is 16.4. The minimum absolute atomic E-state index is 0.102. The van der Waals surface area contributed by atoms with E-state index in [1.54, 1.807) is 25.1 Å². The third kappa shape index (κ3) is 8.29. The SMILES string of the molecule is CCCCCCCCC(=O)N/N=C(/C)c1cccc(NC(=O)[C@@H]2CC=CC[C@@H]2C(=O)O)c1. The standard InChI is InChI=1S/C25H35N3O4/c1-3-4-5-6-7-8-16-23(29)28-27-18(2)19-12-11-13-20(17-19)26-24(30)21-14-9-10-15-22(21)25(31)32/h9-13,17,21-22H,3-8,14-16H2,1-2H3,(H,26,30)(H,28,29)(H,31,32)/b27-18-/t21-,22+/m1/s1. The van der Waals surface area contributed by atoms with Crippen LogP contribution in [0, 0.1) is 11.8 Å². The fraction of sp³-hybridized carbons (Fsp3) is 0.520. The Morgan fingerprint density at radius 2 is 1.72 bits per heavy atom. The largest absolute Gasteiger partial charge is 0.481 e. The summed E-state index contributed by atoms with van der Waals surface area (Å²) in [6.07, 6.45) is 11.6. The van der Waals surface area contributed by atoms with Crippen LogP contribution in [0.5, 0.6) is 0 Å². The molecule has 1 aromatic carbocycles. The maximum atomic E-state index is 12.7. The van der Waals surface area contributed by atoms with E-state index in [0.717, 1.165) is 24.8 Å². The van der Waals surface area contributed by atoms with Crippen LogP contribution < -0.4 is 10.7 Å². The number of nitrogens with one attached hydrogen (secondary N) is 2. The summed E-state index contributed by atoms with van der Waals surface area (Å²) in [7, 11) is 0. The first-order valence-electron chi connectivity index (χ1n) is 11.5. The lowest BCUT2D eigenvalue weighted by Crippen LogP contribution is -2.34. The number of carboxylic acid groups (broad SMARTS) is 1. The highest BCUT2D eigenvalue weighted by atomic mass is 16.4. The molecule has 2 amide bonds. The van der Waals surface area contributed by atoms with Gasteiger partial charge in [-0.15, -0.1) is 0 Å². The number of benzene rings is 1. The highest BCUT2D eigenvalue weighted by Gasteiger charge is 2.33. The van der Waals surface area contributed by atoms with Gasteiger partial charge in [-0.05, 0) is 43.9 Å². The van der Waals surface area contributed by atoms with Crippen LogP contribution in [-0.2, 0) is 14.4 Å². The normalized spacial score (nSPS) is 18.2. The van der Waals surface area contributed by atoms with Gasteiger partial charge < -0.3 is 10.4 Å². The molecule has 0 saturated carbocycles. The van der Waals surface area contributed by atoms with Crippen LogP contribution in [-0.4, -0.2) is 28.6 Å². The van der Waals surface area contributed by atoms with Crippen molar-refractivity contribution in [3.05, 3.63) is 42.0 Å². The van der Waals surface area contributed by atoms with Crippen LogP contribution >= 0.6 is 0 Å². The molecule has 3 N–H and O–H groups in total. The second kappa shape index (κ2) is 13.5. The van der Waals surface area contributed by atoms with Crippen LogP contribution in [0.1, 0.15) is 77.2 Å². The number of hydrogen-bond donors (Lipinski definition) is 3. The van der Waals surface area contributed by atoms with Crippen molar-refractivity contribution >= 4 is 29.2 Å².